The van der Waals surface area contributed by atoms with Gasteiger partial charge in [-0.3, -0.25) is 9.89 Å². The first-order valence-corrected chi connectivity index (χ1v) is 7.36. The van der Waals surface area contributed by atoms with Crippen LogP contribution in [0.2, 0.25) is 0 Å². The molecule has 0 spiro atoms. The van der Waals surface area contributed by atoms with Crippen molar-refractivity contribution >= 4 is 11.6 Å². The first-order chi connectivity index (χ1) is 11.3. The predicted molar refractivity (Wildman–Crippen MR) is 79.9 cm³/mol. The van der Waals surface area contributed by atoms with Gasteiger partial charge in [0.1, 0.15) is 6.33 Å². The number of rotatable bonds is 5. The van der Waals surface area contributed by atoms with Crippen molar-refractivity contribution in [2.45, 2.75) is 25.2 Å². The van der Waals surface area contributed by atoms with Gasteiger partial charge in [-0.05, 0) is 24.5 Å². The van der Waals surface area contributed by atoms with Crippen molar-refractivity contribution in [3.8, 4) is 0 Å². The summed E-state index contributed by atoms with van der Waals surface area (Å²) >= 11 is 0. The molecule has 116 valence electrons. The summed E-state index contributed by atoms with van der Waals surface area (Å²) in [6, 6.07) is 7.49. The molecule has 0 saturated heterocycles. The number of amides is 1. The fourth-order valence-corrected chi connectivity index (χ4v) is 2.30. The molecule has 0 bridgehead atoms. The van der Waals surface area contributed by atoms with Crippen LogP contribution in [0.4, 0.5) is 5.69 Å². The topological polar surface area (TPSA) is 110 Å². The lowest BCUT2D eigenvalue weighted by atomic mass is 10.1. The van der Waals surface area contributed by atoms with Gasteiger partial charge >= 0.3 is 0 Å². The second kappa shape index (κ2) is 5.64. The standard InChI is InChI=1S/C15H14N6O2/c22-15(14-16-8-17-20-14)18-11-4-2-1-3-10(11)7-12-19-13(21-23-12)9-5-6-9/h1-4,8-9H,5-7H2,(H,18,22)(H,16,17,20). The number of H-pyrrole nitrogens is 1. The summed E-state index contributed by atoms with van der Waals surface area (Å²) in [5.74, 6) is 1.60. The van der Waals surface area contributed by atoms with Gasteiger partial charge < -0.3 is 9.84 Å². The minimum atomic E-state index is -0.348. The molecule has 1 aromatic carbocycles. The molecule has 23 heavy (non-hydrogen) atoms. The second-order valence-electron chi connectivity index (χ2n) is 5.44. The number of hydrogen-bond acceptors (Lipinski definition) is 6. The second-order valence-corrected chi connectivity index (χ2v) is 5.44. The van der Waals surface area contributed by atoms with Crippen LogP contribution < -0.4 is 5.32 Å². The number of anilines is 1. The monoisotopic (exact) mass is 310 g/mol. The molecule has 1 aliphatic carbocycles. The highest BCUT2D eigenvalue weighted by atomic mass is 16.5. The molecule has 4 rings (SSSR count). The van der Waals surface area contributed by atoms with Crippen LogP contribution in [0.1, 0.15) is 46.7 Å². The largest absolute Gasteiger partial charge is 0.339 e. The maximum atomic E-state index is 12.1. The van der Waals surface area contributed by atoms with Crippen molar-refractivity contribution in [1.82, 2.24) is 25.3 Å². The summed E-state index contributed by atoms with van der Waals surface area (Å²) in [6.45, 7) is 0. The quantitative estimate of drug-likeness (QED) is 0.745. The number of hydrogen-bond donors (Lipinski definition) is 2. The van der Waals surface area contributed by atoms with Crippen molar-refractivity contribution in [2.24, 2.45) is 0 Å². The zero-order valence-corrected chi connectivity index (χ0v) is 12.2. The lowest BCUT2D eigenvalue weighted by Gasteiger charge is -2.08. The minimum Gasteiger partial charge on any atom is -0.339 e. The number of aromatic amines is 1. The molecular weight excluding hydrogens is 296 g/mol. The van der Waals surface area contributed by atoms with Crippen LogP contribution >= 0.6 is 0 Å². The van der Waals surface area contributed by atoms with E-state index in [1.807, 2.05) is 24.3 Å². The van der Waals surface area contributed by atoms with E-state index in [4.69, 9.17) is 4.52 Å². The Balaban J connectivity index is 1.52. The summed E-state index contributed by atoms with van der Waals surface area (Å²) in [4.78, 5) is 20.3. The molecule has 2 aromatic heterocycles. The Kier molecular flexibility index (Phi) is 3.34. The van der Waals surface area contributed by atoms with Gasteiger partial charge in [0.25, 0.3) is 5.91 Å². The SMILES string of the molecule is O=C(Nc1ccccc1Cc1nc(C2CC2)no1)c1ncn[nH]1. The van der Waals surface area contributed by atoms with Gasteiger partial charge in [-0.15, -0.1) is 0 Å². The van der Waals surface area contributed by atoms with Crippen molar-refractivity contribution < 1.29 is 9.32 Å². The Bertz CT molecular complexity index is 822. The summed E-state index contributed by atoms with van der Waals surface area (Å²) in [5.41, 5.74) is 1.58. The highest BCUT2D eigenvalue weighted by Crippen LogP contribution is 2.38. The fourth-order valence-electron chi connectivity index (χ4n) is 2.30. The maximum Gasteiger partial charge on any atom is 0.292 e. The van der Waals surface area contributed by atoms with Crippen molar-refractivity contribution in [3.63, 3.8) is 0 Å². The molecule has 0 atom stereocenters. The van der Waals surface area contributed by atoms with Crippen LogP contribution in [0.3, 0.4) is 0 Å². The van der Waals surface area contributed by atoms with E-state index in [1.165, 1.54) is 6.33 Å². The van der Waals surface area contributed by atoms with Crippen LogP contribution in [0.15, 0.2) is 35.1 Å². The van der Waals surface area contributed by atoms with Gasteiger partial charge in [0, 0.05) is 11.6 Å². The van der Waals surface area contributed by atoms with Crippen LogP contribution in [0, 0.1) is 0 Å². The molecule has 8 heteroatoms. The number of carbonyl (C=O) groups is 1. The highest BCUT2D eigenvalue weighted by molar-refractivity contribution is 6.01. The number of benzene rings is 1. The smallest absolute Gasteiger partial charge is 0.292 e. The van der Waals surface area contributed by atoms with E-state index in [1.54, 1.807) is 0 Å². The summed E-state index contributed by atoms with van der Waals surface area (Å²) in [7, 11) is 0. The first kappa shape index (κ1) is 13.6. The number of aromatic nitrogens is 5. The average molecular weight is 310 g/mol. The average Bonchev–Trinajstić information content (AvgIpc) is 3.08. The van der Waals surface area contributed by atoms with E-state index in [2.05, 4.69) is 30.6 Å². The third kappa shape index (κ3) is 2.96. The summed E-state index contributed by atoms with van der Waals surface area (Å²) in [5, 5.41) is 13.0. The van der Waals surface area contributed by atoms with E-state index in [0.717, 1.165) is 24.2 Å². The molecular formula is C15H14N6O2. The Labute approximate surface area is 131 Å². The molecule has 8 nitrogen and oxygen atoms in total. The molecule has 1 aliphatic rings. The Morgan fingerprint density at radius 3 is 3.00 bits per heavy atom. The molecule has 0 unspecified atom stereocenters. The molecule has 2 N–H and O–H groups in total. The number of nitrogens with one attached hydrogen (secondary N) is 2. The zero-order valence-electron chi connectivity index (χ0n) is 12.2. The number of nitrogens with zero attached hydrogens (tertiary/aromatic N) is 4. The van der Waals surface area contributed by atoms with Crippen LogP contribution in [-0.2, 0) is 6.42 Å². The minimum absolute atomic E-state index is 0.161. The predicted octanol–water partition coefficient (Wildman–Crippen LogP) is 1.91. The summed E-state index contributed by atoms with van der Waals surface area (Å²) < 4.78 is 5.30. The molecule has 2 heterocycles. The molecule has 0 aliphatic heterocycles. The van der Waals surface area contributed by atoms with Gasteiger partial charge in [0.2, 0.25) is 11.7 Å². The van der Waals surface area contributed by atoms with Crippen molar-refractivity contribution in [3.05, 3.63) is 53.7 Å². The van der Waals surface area contributed by atoms with Gasteiger partial charge in [-0.25, -0.2) is 4.98 Å². The van der Waals surface area contributed by atoms with Gasteiger partial charge in [0.05, 0.1) is 6.42 Å². The van der Waals surface area contributed by atoms with Crippen LogP contribution in [0.5, 0.6) is 0 Å². The number of para-hydroxylation sites is 1. The van der Waals surface area contributed by atoms with E-state index >= 15 is 0 Å². The van der Waals surface area contributed by atoms with E-state index < -0.39 is 0 Å². The Morgan fingerprint density at radius 1 is 1.35 bits per heavy atom. The molecule has 1 fully saturated rings. The van der Waals surface area contributed by atoms with E-state index in [9.17, 15) is 4.79 Å². The number of carbonyl (C=O) groups excluding carboxylic acids is 1. The molecule has 0 radical (unpaired) electrons. The normalized spacial score (nSPS) is 13.9. The first-order valence-electron chi connectivity index (χ1n) is 7.36. The van der Waals surface area contributed by atoms with Crippen LogP contribution in [0.25, 0.3) is 0 Å². The van der Waals surface area contributed by atoms with Crippen LogP contribution in [-0.4, -0.2) is 31.2 Å². The van der Waals surface area contributed by atoms with Crippen molar-refractivity contribution in [2.75, 3.05) is 5.32 Å². The zero-order chi connectivity index (χ0) is 15.6. The van der Waals surface area contributed by atoms with Crippen molar-refractivity contribution in [1.29, 1.82) is 0 Å². The van der Waals surface area contributed by atoms with E-state index in [-0.39, 0.29) is 11.7 Å². The summed E-state index contributed by atoms with van der Waals surface area (Å²) in [6.07, 6.45) is 4.01. The lowest BCUT2D eigenvalue weighted by molar-refractivity contribution is 0.101. The third-order valence-corrected chi connectivity index (χ3v) is 3.66. The van der Waals surface area contributed by atoms with Gasteiger partial charge in [0.15, 0.2) is 5.82 Å². The van der Waals surface area contributed by atoms with E-state index in [0.29, 0.717) is 23.9 Å². The molecule has 1 saturated carbocycles. The third-order valence-electron chi connectivity index (χ3n) is 3.66. The molecule has 3 aromatic rings. The molecule has 1 amide bonds. The maximum absolute atomic E-state index is 12.1. The lowest BCUT2D eigenvalue weighted by Crippen LogP contribution is -2.15. The highest BCUT2D eigenvalue weighted by Gasteiger charge is 2.28. The Morgan fingerprint density at radius 2 is 2.22 bits per heavy atom. The van der Waals surface area contributed by atoms with Gasteiger partial charge in [-0.2, -0.15) is 10.1 Å². The Hall–Kier alpha value is -3.03. The fraction of sp³-hybridized carbons (Fsp3) is 0.267. The van der Waals surface area contributed by atoms with Gasteiger partial charge in [-0.1, -0.05) is 23.4 Å².